The highest BCUT2D eigenvalue weighted by Crippen LogP contribution is 2.39. The summed E-state index contributed by atoms with van der Waals surface area (Å²) in [4.78, 5) is 12.4. The quantitative estimate of drug-likeness (QED) is 0.720. The lowest BCUT2D eigenvalue weighted by atomic mass is 10.0. The topological polar surface area (TPSA) is 97.0 Å². The number of amides is 1. The average molecular weight is 428 g/mol. The standard InChI is InChI=1S/C18H25N3O5S2/c1-2-28(23,24)21-7-5-18(6-8-21)20-14(11-27-18)17(22)19-10-13-3-4-15-16(9-13)26-12-25-15/h3-4,9,14,20H,2,5-8,10-12H2,1H3,(H,19,22). The van der Waals surface area contributed by atoms with Gasteiger partial charge in [0, 0.05) is 25.4 Å². The summed E-state index contributed by atoms with van der Waals surface area (Å²) in [6.45, 7) is 3.33. The van der Waals surface area contributed by atoms with Gasteiger partial charge >= 0.3 is 0 Å². The maximum absolute atomic E-state index is 12.6. The molecule has 4 rings (SSSR count). The van der Waals surface area contributed by atoms with Gasteiger partial charge < -0.3 is 14.8 Å². The third kappa shape index (κ3) is 3.96. The van der Waals surface area contributed by atoms with Crippen LogP contribution in [-0.2, 0) is 21.4 Å². The van der Waals surface area contributed by atoms with E-state index in [0.29, 0.717) is 44.0 Å². The van der Waals surface area contributed by atoms with Gasteiger partial charge in [0.1, 0.15) is 0 Å². The molecule has 1 unspecified atom stereocenters. The van der Waals surface area contributed by atoms with Crippen molar-refractivity contribution in [3.05, 3.63) is 23.8 Å². The predicted octanol–water partition coefficient (Wildman–Crippen LogP) is 0.878. The number of carbonyl (C=O) groups excluding carboxylic acids is 1. The van der Waals surface area contributed by atoms with Gasteiger partial charge in [-0.25, -0.2) is 12.7 Å². The molecule has 1 amide bonds. The molecule has 0 aliphatic carbocycles. The fraction of sp³-hybridized carbons (Fsp3) is 0.611. The van der Waals surface area contributed by atoms with Gasteiger partial charge in [0.05, 0.1) is 16.7 Å². The Kier molecular flexibility index (Phi) is 5.47. The minimum absolute atomic E-state index is 0.0364. The molecule has 1 aromatic rings. The van der Waals surface area contributed by atoms with Crippen LogP contribution in [0.4, 0.5) is 0 Å². The average Bonchev–Trinajstić information content (AvgIpc) is 3.33. The van der Waals surface area contributed by atoms with Crippen molar-refractivity contribution in [1.29, 1.82) is 0 Å². The molecule has 1 aromatic carbocycles. The van der Waals surface area contributed by atoms with Gasteiger partial charge in [-0.1, -0.05) is 6.07 Å². The summed E-state index contributed by atoms with van der Waals surface area (Å²) in [5.41, 5.74) is 0.955. The van der Waals surface area contributed by atoms with Crippen LogP contribution in [0.15, 0.2) is 18.2 Å². The number of ether oxygens (including phenoxy) is 2. The number of nitrogens with one attached hydrogen (secondary N) is 2. The molecule has 0 radical (unpaired) electrons. The van der Waals surface area contributed by atoms with Gasteiger partial charge in [0.25, 0.3) is 0 Å². The van der Waals surface area contributed by atoms with Gasteiger partial charge in [-0.2, -0.15) is 0 Å². The predicted molar refractivity (Wildman–Crippen MR) is 107 cm³/mol. The molecule has 28 heavy (non-hydrogen) atoms. The Bertz CT molecular complexity index is 853. The molecular formula is C18H25N3O5S2. The van der Waals surface area contributed by atoms with Gasteiger partial charge in [0.2, 0.25) is 22.7 Å². The summed E-state index contributed by atoms with van der Waals surface area (Å²) in [5.74, 6) is 2.21. The zero-order chi connectivity index (χ0) is 19.8. The largest absolute Gasteiger partial charge is 0.454 e. The zero-order valence-electron chi connectivity index (χ0n) is 15.8. The normalized spacial score (nSPS) is 23.8. The van der Waals surface area contributed by atoms with E-state index in [1.807, 2.05) is 18.2 Å². The van der Waals surface area contributed by atoms with Crippen LogP contribution in [0.3, 0.4) is 0 Å². The Morgan fingerprint density at radius 1 is 1.32 bits per heavy atom. The van der Waals surface area contributed by atoms with Crippen molar-refractivity contribution in [2.45, 2.75) is 37.2 Å². The van der Waals surface area contributed by atoms with Crippen molar-refractivity contribution in [3.8, 4) is 11.5 Å². The van der Waals surface area contributed by atoms with Crippen LogP contribution in [0, 0.1) is 0 Å². The minimum atomic E-state index is -3.14. The van der Waals surface area contributed by atoms with E-state index in [9.17, 15) is 13.2 Å². The van der Waals surface area contributed by atoms with Gasteiger partial charge in [-0.15, -0.1) is 11.8 Å². The van der Waals surface area contributed by atoms with Crippen molar-refractivity contribution < 1.29 is 22.7 Å². The number of thioether (sulfide) groups is 1. The van der Waals surface area contributed by atoms with Crippen molar-refractivity contribution in [2.75, 3.05) is 31.4 Å². The number of hydrogen-bond donors (Lipinski definition) is 2. The van der Waals surface area contributed by atoms with Gasteiger partial charge in [-0.05, 0) is 37.5 Å². The van der Waals surface area contributed by atoms with E-state index >= 15 is 0 Å². The monoisotopic (exact) mass is 427 g/mol. The summed E-state index contributed by atoms with van der Waals surface area (Å²) in [7, 11) is -3.14. The highest BCUT2D eigenvalue weighted by Gasteiger charge is 2.45. The number of rotatable bonds is 5. The minimum Gasteiger partial charge on any atom is -0.454 e. The van der Waals surface area contributed by atoms with Crippen molar-refractivity contribution in [1.82, 2.24) is 14.9 Å². The maximum atomic E-state index is 12.6. The van der Waals surface area contributed by atoms with Gasteiger partial charge in [0.15, 0.2) is 11.5 Å². The number of carbonyl (C=O) groups is 1. The number of fused-ring (bicyclic) bond motifs is 1. The molecule has 8 nitrogen and oxygen atoms in total. The molecule has 0 aromatic heterocycles. The summed E-state index contributed by atoms with van der Waals surface area (Å²) >= 11 is 1.73. The number of sulfonamides is 1. The Morgan fingerprint density at radius 3 is 2.82 bits per heavy atom. The Hall–Kier alpha value is -1.49. The molecule has 0 bridgehead atoms. The highest BCUT2D eigenvalue weighted by molar-refractivity contribution is 8.01. The van der Waals surface area contributed by atoms with E-state index in [4.69, 9.17) is 9.47 Å². The highest BCUT2D eigenvalue weighted by atomic mass is 32.2. The number of nitrogens with zero attached hydrogens (tertiary/aromatic N) is 1. The summed E-state index contributed by atoms with van der Waals surface area (Å²) in [6, 6.07) is 5.37. The Morgan fingerprint density at radius 2 is 2.07 bits per heavy atom. The molecule has 2 N–H and O–H groups in total. The lowest BCUT2D eigenvalue weighted by Gasteiger charge is -2.38. The third-order valence-corrected chi connectivity index (χ3v) is 8.93. The molecule has 2 fully saturated rings. The number of hydrogen-bond acceptors (Lipinski definition) is 7. The van der Waals surface area contributed by atoms with E-state index in [1.165, 1.54) is 0 Å². The van der Waals surface area contributed by atoms with Crippen LogP contribution in [-0.4, -0.2) is 60.9 Å². The fourth-order valence-corrected chi connectivity index (χ4v) is 6.27. The molecule has 10 heteroatoms. The van der Waals surface area contributed by atoms with Crippen LogP contribution in [0.25, 0.3) is 0 Å². The van der Waals surface area contributed by atoms with Crippen LogP contribution in [0.2, 0.25) is 0 Å². The van der Waals surface area contributed by atoms with E-state index in [-0.39, 0.29) is 29.4 Å². The lowest BCUT2D eigenvalue weighted by molar-refractivity contribution is -0.122. The lowest BCUT2D eigenvalue weighted by Crippen LogP contribution is -2.54. The van der Waals surface area contributed by atoms with Crippen molar-refractivity contribution in [3.63, 3.8) is 0 Å². The molecular weight excluding hydrogens is 402 g/mol. The summed E-state index contributed by atoms with van der Waals surface area (Å²) < 4.78 is 36.3. The van der Waals surface area contributed by atoms with E-state index < -0.39 is 10.0 Å². The van der Waals surface area contributed by atoms with Crippen molar-refractivity contribution in [2.24, 2.45) is 0 Å². The zero-order valence-corrected chi connectivity index (χ0v) is 17.4. The summed E-state index contributed by atoms with van der Waals surface area (Å²) in [6.07, 6.45) is 1.42. The second-order valence-electron chi connectivity index (χ2n) is 7.21. The Labute approximate surface area is 169 Å². The molecule has 1 spiro atoms. The van der Waals surface area contributed by atoms with E-state index in [2.05, 4.69) is 10.6 Å². The van der Waals surface area contributed by atoms with Crippen LogP contribution in [0.5, 0.6) is 11.5 Å². The summed E-state index contributed by atoms with van der Waals surface area (Å²) in [5, 5.41) is 6.44. The van der Waals surface area contributed by atoms with Crippen LogP contribution in [0.1, 0.15) is 25.3 Å². The first-order valence-electron chi connectivity index (χ1n) is 9.46. The second-order valence-corrected chi connectivity index (χ2v) is 10.9. The SMILES string of the molecule is CCS(=O)(=O)N1CCC2(CC1)NC(C(=O)NCc1ccc3c(c1)OCO3)CS2. The first-order chi connectivity index (χ1) is 13.4. The maximum Gasteiger partial charge on any atom is 0.238 e. The van der Waals surface area contributed by atoms with Crippen molar-refractivity contribution >= 4 is 27.7 Å². The molecule has 3 aliphatic rings. The molecule has 3 aliphatic heterocycles. The Balaban J connectivity index is 1.29. The molecule has 2 saturated heterocycles. The molecule has 154 valence electrons. The van der Waals surface area contributed by atoms with Crippen LogP contribution >= 0.6 is 11.8 Å². The molecule has 0 saturated carbocycles. The third-order valence-electron chi connectivity index (χ3n) is 5.47. The molecule has 1 atom stereocenters. The fourth-order valence-electron chi connectivity index (χ4n) is 3.75. The first-order valence-corrected chi connectivity index (χ1v) is 12.1. The van der Waals surface area contributed by atoms with E-state index in [1.54, 1.807) is 23.0 Å². The second kappa shape index (κ2) is 7.74. The molecule has 3 heterocycles. The van der Waals surface area contributed by atoms with E-state index in [0.717, 1.165) is 11.3 Å². The number of piperidine rings is 1. The van der Waals surface area contributed by atoms with Gasteiger partial charge in [-0.3, -0.25) is 10.1 Å². The number of benzene rings is 1. The van der Waals surface area contributed by atoms with Crippen LogP contribution < -0.4 is 20.1 Å². The first kappa shape index (κ1) is 19.8. The smallest absolute Gasteiger partial charge is 0.238 e.